The molecule has 10 nitrogen and oxygen atoms in total. The first kappa shape index (κ1) is 26.7. The Labute approximate surface area is 200 Å². The molecule has 0 aliphatic carbocycles. The fourth-order valence-corrected chi connectivity index (χ4v) is 2.54. The average Bonchev–Trinajstić information content (AvgIpc) is 2.78. The fraction of sp³-hybridized carbons (Fsp3) is 0.300. The van der Waals surface area contributed by atoms with Crippen LogP contribution in [0.15, 0.2) is 42.6 Å². The topological polar surface area (TPSA) is 149 Å². The zero-order valence-corrected chi connectivity index (χ0v) is 18.8. The summed E-state index contributed by atoms with van der Waals surface area (Å²) in [6.45, 7) is 0.0396. The van der Waals surface area contributed by atoms with Crippen LogP contribution in [0.25, 0.3) is 0 Å². The molecule has 3 aromatic rings. The van der Waals surface area contributed by atoms with Gasteiger partial charge in [0.05, 0.1) is 11.9 Å². The number of hydrogen-bond donors (Lipinski definition) is 5. The second kappa shape index (κ2) is 12.6. The van der Waals surface area contributed by atoms with Gasteiger partial charge in [0.25, 0.3) is 0 Å². The van der Waals surface area contributed by atoms with Crippen LogP contribution in [0.2, 0.25) is 0 Å². The molecule has 0 aliphatic heterocycles. The standard InChI is InChI=1S/C20H24F3N9O.ClH/c21-20(22,23)12-33-19-31-17(28-10-13-2-4-14(25)5-3-13)30-18(32-19)29-15-6-7-16(27-11-15)26-9-1-8-24;/h2-7,11H,1,8-10,12,24-25H2,(H,26,27)(H2,28,29,30,31,32);1H. The highest BCUT2D eigenvalue weighted by Crippen LogP contribution is 2.20. The number of aromatic nitrogens is 4. The number of ether oxygens (including phenoxy) is 1. The molecule has 1 aromatic carbocycles. The number of anilines is 5. The van der Waals surface area contributed by atoms with Gasteiger partial charge >= 0.3 is 12.2 Å². The second-order valence-corrected chi connectivity index (χ2v) is 6.89. The van der Waals surface area contributed by atoms with Gasteiger partial charge in [0.1, 0.15) is 5.82 Å². The van der Waals surface area contributed by atoms with E-state index in [4.69, 9.17) is 16.2 Å². The summed E-state index contributed by atoms with van der Waals surface area (Å²) in [4.78, 5) is 16.3. The highest BCUT2D eigenvalue weighted by molar-refractivity contribution is 5.85. The van der Waals surface area contributed by atoms with Gasteiger partial charge in [0.15, 0.2) is 6.61 Å². The number of rotatable bonds is 11. The molecule has 14 heteroatoms. The third-order valence-corrected chi connectivity index (χ3v) is 4.12. The third-order valence-electron chi connectivity index (χ3n) is 4.12. The average molecular weight is 500 g/mol. The monoisotopic (exact) mass is 499 g/mol. The molecular weight excluding hydrogens is 475 g/mol. The first-order chi connectivity index (χ1) is 15.8. The first-order valence-corrected chi connectivity index (χ1v) is 10.0. The lowest BCUT2D eigenvalue weighted by Crippen LogP contribution is -2.21. The van der Waals surface area contributed by atoms with E-state index in [9.17, 15) is 13.2 Å². The quantitative estimate of drug-likeness (QED) is 0.196. The molecule has 3 rings (SSSR count). The minimum Gasteiger partial charge on any atom is -0.454 e. The molecule has 184 valence electrons. The van der Waals surface area contributed by atoms with Crippen molar-refractivity contribution in [3.8, 4) is 6.01 Å². The number of nitrogens with zero attached hydrogens (tertiary/aromatic N) is 4. The lowest BCUT2D eigenvalue weighted by Gasteiger charge is -2.12. The maximum atomic E-state index is 12.6. The van der Waals surface area contributed by atoms with E-state index in [1.165, 1.54) is 6.20 Å². The fourth-order valence-electron chi connectivity index (χ4n) is 2.54. The number of nitrogens with two attached hydrogens (primary N) is 2. The molecule has 0 saturated heterocycles. The number of halogens is 4. The normalized spacial score (nSPS) is 10.8. The van der Waals surface area contributed by atoms with Gasteiger partial charge in [-0.3, -0.25) is 0 Å². The van der Waals surface area contributed by atoms with Crippen LogP contribution < -0.4 is 32.2 Å². The molecule has 0 saturated carbocycles. The SMILES string of the molecule is Cl.NCCCNc1ccc(Nc2nc(NCc3ccc(N)cc3)nc(OCC(F)(F)F)n2)cn1. The molecule has 0 amide bonds. The Bertz CT molecular complexity index is 1020. The van der Waals surface area contributed by atoms with Gasteiger partial charge in [0, 0.05) is 18.8 Å². The number of benzene rings is 1. The van der Waals surface area contributed by atoms with E-state index in [1.54, 1.807) is 36.4 Å². The van der Waals surface area contributed by atoms with Crippen molar-refractivity contribution in [3.63, 3.8) is 0 Å². The summed E-state index contributed by atoms with van der Waals surface area (Å²) in [5.41, 5.74) is 13.1. The number of alkyl halides is 3. The molecule has 2 heterocycles. The van der Waals surface area contributed by atoms with Crippen molar-refractivity contribution >= 4 is 41.5 Å². The number of nitrogen functional groups attached to an aromatic ring is 1. The van der Waals surface area contributed by atoms with Crippen LogP contribution in [0.1, 0.15) is 12.0 Å². The molecule has 7 N–H and O–H groups in total. The number of pyridine rings is 1. The Balaban J connectivity index is 0.00000408. The highest BCUT2D eigenvalue weighted by atomic mass is 35.5. The zero-order chi connectivity index (χ0) is 23.7. The molecule has 0 unspecified atom stereocenters. The van der Waals surface area contributed by atoms with E-state index in [2.05, 4.69) is 35.9 Å². The van der Waals surface area contributed by atoms with Gasteiger partial charge in [-0.25, -0.2) is 4.98 Å². The van der Waals surface area contributed by atoms with Gasteiger partial charge in [-0.2, -0.15) is 28.1 Å². The largest absolute Gasteiger partial charge is 0.454 e. The summed E-state index contributed by atoms with van der Waals surface area (Å²) >= 11 is 0. The van der Waals surface area contributed by atoms with Crippen molar-refractivity contribution in [2.24, 2.45) is 5.73 Å². The van der Waals surface area contributed by atoms with Crippen LogP contribution in [-0.2, 0) is 6.54 Å². The van der Waals surface area contributed by atoms with Gasteiger partial charge in [-0.05, 0) is 42.8 Å². The van der Waals surface area contributed by atoms with Crippen LogP contribution in [-0.4, -0.2) is 45.8 Å². The van der Waals surface area contributed by atoms with Crippen molar-refractivity contribution in [1.29, 1.82) is 0 Å². The Morgan fingerprint density at radius 1 is 0.941 bits per heavy atom. The smallest absolute Gasteiger partial charge is 0.422 e. The van der Waals surface area contributed by atoms with Crippen LogP contribution in [0.3, 0.4) is 0 Å². The molecule has 34 heavy (non-hydrogen) atoms. The van der Waals surface area contributed by atoms with E-state index >= 15 is 0 Å². The molecule has 0 atom stereocenters. The van der Waals surface area contributed by atoms with Crippen molar-refractivity contribution in [3.05, 3.63) is 48.2 Å². The van der Waals surface area contributed by atoms with E-state index < -0.39 is 18.8 Å². The van der Waals surface area contributed by atoms with E-state index in [0.29, 0.717) is 36.8 Å². The molecule has 0 bridgehead atoms. The van der Waals surface area contributed by atoms with Gasteiger partial charge in [0.2, 0.25) is 11.9 Å². The molecular formula is C20H25ClF3N9O. The molecule has 0 spiro atoms. The van der Waals surface area contributed by atoms with E-state index in [1.807, 2.05) is 0 Å². The van der Waals surface area contributed by atoms with Crippen molar-refractivity contribution in [1.82, 2.24) is 19.9 Å². The Morgan fingerprint density at radius 3 is 2.32 bits per heavy atom. The van der Waals surface area contributed by atoms with Crippen molar-refractivity contribution < 1.29 is 17.9 Å². The van der Waals surface area contributed by atoms with Gasteiger partial charge < -0.3 is 32.2 Å². The summed E-state index contributed by atoms with van der Waals surface area (Å²) in [6, 6.07) is 10.1. The summed E-state index contributed by atoms with van der Waals surface area (Å²) in [5.74, 6) is 0.687. The minimum atomic E-state index is -4.53. The summed E-state index contributed by atoms with van der Waals surface area (Å²) in [7, 11) is 0. The van der Waals surface area contributed by atoms with Gasteiger partial charge in [-0.1, -0.05) is 12.1 Å². The first-order valence-electron chi connectivity index (χ1n) is 10.0. The maximum Gasteiger partial charge on any atom is 0.422 e. The third kappa shape index (κ3) is 9.11. The Kier molecular flexibility index (Phi) is 9.89. The predicted octanol–water partition coefficient (Wildman–Crippen LogP) is 3.33. The van der Waals surface area contributed by atoms with Crippen LogP contribution in [0.5, 0.6) is 6.01 Å². The summed E-state index contributed by atoms with van der Waals surface area (Å²) in [6.07, 6.45) is -2.19. The number of hydrogen-bond acceptors (Lipinski definition) is 10. The molecule has 0 aliphatic rings. The van der Waals surface area contributed by atoms with Crippen LogP contribution in [0, 0.1) is 0 Å². The summed E-state index contributed by atoms with van der Waals surface area (Å²) in [5, 5.41) is 8.95. The highest BCUT2D eigenvalue weighted by Gasteiger charge is 2.29. The summed E-state index contributed by atoms with van der Waals surface area (Å²) < 4.78 is 42.5. The van der Waals surface area contributed by atoms with Crippen LogP contribution in [0.4, 0.5) is 42.3 Å². The predicted molar refractivity (Wildman–Crippen MR) is 126 cm³/mol. The number of nitrogens with one attached hydrogen (secondary N) is 3. The Hall–Kier alpha value is -3.58. The van der Waals surface area contributed by atoms with Gasteiger partial charge in [-0.15, -0.1) is 12.4 Å². The van der Waals surface area contributed by atoms with Crippen molar-refractivity contribution in [2.75, 3.05) is 41.4 Å². The maximum absolute atomic E-state index is 12.6. The second-order valence-electron chi connectivity index (χ2n) is 6.89. The molecule has 0 fully saturated rings. The lowest BCUT2D eigenvalue weighted by atomic mass is 10.2. The molecule has 0 radical (unpaired) electrons. The van der Waals surface area contributed by atoms with E-state index in [-0.39, 0.29) is 24.3 Å². The van der Waals surface area contributed by atoms with E-state index in [0.717, 1.165) is 12.0 Å². The Morgan fingerprint density at radius 2 is 1.68 bits per heavy atom. The van der Waals surface area contributed by atoms with Crippen LogP contribution >= 0.6 is 12.4 Å². The molecule has 2 aromatic heterocycles. The zero-order valence-electron chi connectivity index (χ0n) is 18.0. The van der Waals surface area contributed by atoms with Crippen molar-refractivity contribution in [2.45, 2.75) is 19.1 Å². The lowest BCUT2D eigenvalue weighted by molar-refractivity contribution is -0.154. The minimum absolute atomic E-state index is 0.